The molecular formula is C14H8O4S. The van der Waals surface area contributed by atoms with Crippen LogP contribution in [0.5, 0.6) is 0 Å². The molecule has 0 unspecified atom stereocenters. The van der Waals surface area contributed by atoms with Crippen molar-refractivity contribution in [3.63, 3.8) is 0 Å². The summed E-state index contributed by atoms with van der Waals surface area (Å²) in [5, 5.41) is 13.2. The predicted octanol–water partition coefficient (Wildman–Crippen LogP) is 3.42. The van der Waals surface area contributed by atoms with Crippen LogP contribution >= 0.6 is 11.3 Å². The van der Waals surface area contributed by atoms with Crippen molar-refractivity contribution in [3.05, 3.63) is 58.0 Å². The van der Waals surface area contributed by atoms with E-state index in [-0.39, 0.29) is 17.1 Å². The maximum Gasteiger partial charge on any atom is 0.372 e. The summed E-state index contributed by atoms with van der Waals surface area (Å²) in [4.78, 5) is 23.6. The van der Waals surface area contributed by atoms with E-state index >= 15 is 0 Å². The summed E-state index contributed by atoms with van der Waals surface area (Å²) in [6, 6.07) is 8.47. The summed E-state index contributed by atoms with van der Waals surface area (Å²) in [5.74, 6) is -1.88. The first kappa shape index (κ1) is 11.7. The van der Waals surface area contributed by atoms with Crippen molar-refractivity contribution in [2.45, 2.75) is 0 Å². The smallest absolute Gasteiger partial charge is 0.372 e. The third-order valence-corrected chi connectivity index (χ3v) is 3.48. The van der Waals surface area contributed by atoms with Gasteiger partial charge in [0, 0.05) is 16.3 Å². The molecule has 0 aliphatic heterocycles. The zero-order valence-electron chi connectivity index (χ0n) is 9.62. The van der Waals surface area contributed by atoms with Gasteiger partial charge in [0.15, 0.2) is 5.78 Å². The van der Waals surface area contributed by atoms with Crippen LogP contribution in [0, 0.1) is 0 Å². The predicted molar refractivity (Wildman–Crippen MR) is 70.9 cm³/mol. The van der Waals surface area contributed by atoms with Crippen molar-refractivity contribution in [2.75, 3.05) is 0 Å². The quantitative estimate of drug-likeness (QED) is 0.742. The average Bonchev–Trinajstić information content (AvgIpc) is 3.05. The highest BCUT2D eigenvalue weighted by Crippen LogP contribution is 2.28. The van der Waals surface area contributed by atoms with Crippen molar-refractivity contribution >= 4 is 34.1 Å². The van der Waals surface area contributed by atoms with Crippen LogP contribution in [0.25, 0.3) is 11.0 Å². The Kier molecular flexibility index (Phi) is 2.68. The molecule has 1 N–H and O–H groups in total. The molecule has 0 radical (unpaired) electrons. The fraction of sp³-hybridized carbons (Fsp3) is 0. The fourth-order valence-corrected chi connectivity index (χ4v) is 2.60. The first-order chi connectivity index (χ1) is 9.18. The molecule has 2 heterocycles. The van der Waals surface area contributed by atoms with Gasteiger partial charge >= 0.3 is 5.97 Å². The maximum absolute atomic E-state index is 12.4. The number of carboxylic acids is 1. The van der Waals surface area contributed by atoms with Gasteiger partial charge in [0.05, 0.1) is 5.56 Å². The van der Waals surface area contributed by atoms with E-state index in [0.717, 1.165) is 0 Å². The standard InChI is InChI=1S/C14H8O4S/c15-12(8-5-6-19-7-8)11-9-3-1-2-4-10(9)18-13(11)14(16)17/h1-7H,(H,16,17). The van der Waals surface area contributed by atoms with Crippen LogP contribution in [0.4, 0.5) is 0 Å². The number of hydrogen-bond acceptors (Lipinski definition) is 4. The van der Waals surface area contributed by atoms with E-state index in [2.05, 4.69) is 0 Å². The summed E-state index contributed by atoms with van der Waals surface area (Å²) in [7, 11) is 0. The number of hydrogen-bond donors (Lipinski definition) is 1. The van der Waals surface area contributed by atoms with Crippen molar-refractivity contribution in [3.8, 4) is 0 Å². The second-order valence-corrected chi connectivity index (χ2v) is 4.73. The summed E-state index contributed by atoms with van der Waals surface area (Å²) in [6.45, 7) is 0. The first-order valence-electron chi connectivity index (χ1n) is 5.50. The van der Waals surface area contributed by atoms with Gasteiger partial charge in [-0.25, -0.2) is 4.79 Å². The molecule has 0 saturated carbocycles. The molecule has 3 rings (SSSR count). The number of carbonyl (C=O) groups excluding carboxylic acids is 1. The lowest BCUT2D eigenvalue weighted by atomic mass is 10.0. The van der Waals surface area contributed by atoms with Crippen LogP contribution in [0.2, 0.25) is 0 Å². The Labute approximate surface area is 111 Å². The molecule has 1 aromatic carbocycles. The molecular weight excluding hydrogens is 264 g/mol. The number of aromatic carboxylic acids is 1. The third-order valence-electron chi connectivity index (χ3n) is 2.80. The lowest BCUT2D eigenvalue weighted by Crippen LogP contribution is -2.06. The summed E-state index contributed by atoms with van der Waals surface area (Å²) < 4.78 is 5.26. The van der Waals surface area contributed by atoms with Gasteiger partial charge in [-0.2, -0.15) is 11.3 Å². The van der Waals surface area contributed by atoms with Gasteiger partial charge < -0.3 is 9.52 Å². The Balaban J connectivity index is 2.29. The molecule has 5 heteroatoms. The molecule has 19 heavy (non-hydrogen) atoms. The second kappa shape index (κ2) is 4.37. The van der Waals surface area contributed by atoms with Gasteiger partial charge in [0.1, 0.15) is 5.58 Å². The fourth-order valence-electron chi connectivity index (χ4n) is 1.96. The Bertz CT molecular complexity index is 768. The number of rotatable bonds is 3. The molecule has 2 aromatic heterocycles. The van der Waals surface area contributed by atoms with Gasteiger partial charge in [0.25, 0.3) is 0 Å². The third kappa shape index (κ3) is 1.84. The zero-order chi connectivity index (χ0) is 13.4. The maximum atomic E-state index is 12.4. The number of carbonyl (C=O) groups is 2. The number of furan rings is 1. The van der Waals surface area contributed by atoms with E-state index in [4.69, 9.17) is 9.52 Å². The summed E-state index contributed by atoms with van der Waals surface area (Å²) in [6.07, 6.45) is 0. The molecule has 0 amide bonds. The molecule has 0 spiro atoms. The van der Waals surface area contributed by atoms with Crippen LogP contribution in [0.3, 0.4) is 0 Å². The van der Waals surface area contributed by atoms with Crippen molar-refractivity contribution in [1.29, 1.82) is 0 Å². The number of fused-ring (bicyclic) bond motifs is 1. The molecule has 3 aromatic rings. The number of thiophene rings is 1. The molecule has 0 saturated heterocycles. The Hall–Kier alpha value is -2.40. The van der Waals surface area contributed by atoms with E-state index in [1.165, 1.54) is 11.3 Å². The minimum absolute atomic E-state index is 0.113. The highest BCUT2D eigenvalue weighted by molar-refractivity contribution is 7.08. The SMILES string of the molecule is O=C(O)c1oc2ccccc2c1C(=O)c1ccsc1. The van der Waals surface area contributed by atoms with Crippen molar-refractivity contribution < 1.29 is 19.1 Å². The topological polar surface area (TPSA) is 67.5 Å². The Morgan fingerprint density at radius 2 is 1.95 bits per heavy atom. The summed E-state index contributed by atoms with van der Waals surface area (Å²) in [5.41, 5.74) is 0.985. The van der Waals surface area contributed by atoms with Gasteiger partial charge in [-0.15, -0.1) is 0 Å². The number of ketones is 1. The van der Waals surface area contributed by atoms with Gasteiger partial charge in [0.2, 0.25) is 5.76 Å². The van der Waals surface area contributed by atoms with E-state index in [9.17, 15) is 9.59 Å². The average molecular weight is 272 g/mol. The summed E-state index contributed by atoms with van der Waals surface area (Å²) >= 11 is 1.39. The molecule has 0 aliphatic carbocycles. The molecule has 0 fully saturated rings. The van der Waals surface area contributed by atoms with Crippen LogP contribution in [-0.2, 0) is 0 Å². The van der Waals surface area contributed by atoms with Crippen LogP contribution < -0.4 is 0 Å². The van der Waals surface area contributed by atoms with Gasteiger partial charge in [-0.3, -0.25) is 4.79 Å². The second-order valence-electron chi connectivity index (χ2n) is 3.95. The number of carboxylic acid groups (broad SMARTS) is 1. The Morgan fingerprint density at radius 1 is 1.16 bits per heavy atom. The van der Waals surface area contributed by atoms with E-state index < -0.39 is 5.97 Å². The first-order valence-corrected chi connectivity index (χ1v) is 6.44. The Morgan fingerprint density at radius 3 is 2.63 bits per heavy atom. The molecule has 0 aliphatic rings. The van der Waals surface area contributed by atoms with E-state index in [1.807, 2.05) is 0 Å². The van der Waals surface area contributed by atoms with Gasteiger partial charge in [-0.05, 0) is 17.5 Å². The van der Waals surface area contributed by atoms with Crippen molar-refractivity contribution in [2.24, 2.45) is 0 Å². The van der Waals surface area contributed by atoms with Crippen LogP contribution in [0.1, 0.15) is 26.5 Å². The highest BCUT2D eigenvalue weighted by atomic mass is 32.1. The van der Waals surface area contributed by atoms with Crippen LogP contribution in [0.15, 0.2) is 45.5 Å². The minimum Gasteiger partial charge on any atom is -0.475 e. The normalized spacial score (nSPS) is 10.7. The number of para-hydroxylation sites is 1. The number of benzene rings is 1. The molecule has 0 atom stereocenters. The highest BCUT2D eigenvalue weighted by Gasteiger charge is 2.26. The lowest BCUT2D eigenvalue weighted by molar-refractivity contribution is 0.0660. The zero-order valence-corrected chi connectivity index (χ0v) is 10.4. The van der Waals surface area contributed by atoms with Crippen LogP contribution in [-0.4, -0.2) is 16.9 Å². The van der Waals surface area contributed by atoms with E-state index in [0.29, 0.717) is 16.5 Å². The molecule has 94 valence electrons. The largest absolute Gasteiger partial charge is 0.475 e. The van der Waals surface area contributed by atoms with Crippen molar-refractivity contribution in [1.82, 2.24) is 0 Å². The van der Waals surface area contributed by atoms with Gasteiger partial charge in [-0.1, -0.05) is 18.2 Å². The molecule has 0 bridgehead atoms. The lowest BCUT2D eigenvalue weighted by Gasteiger charge is -1.97. The van der Waals surface area contributed by atoms with E-state index in [1.54, 1.807) is 41.1 Å². The molecule has 4 nitrogen and oxygen atoms in total. The monoisotopic (exact) mass is 272 g/mol. The minimum atomic E-state index is -1.24.